The SMILES string of the molecule is CC1CCCOC(=O)CC(OC(=O)CSC(C)(C)CCOC(C)(C)C)C(C)C(=O)C(C)CC(C)CCC1. The Morgan fingerprint density at radius 2 is 1.59 bits per heavy atom. The van der Waals surface area contributed by atoms with E-state index in [1.54, 1.807) is 6.92 Å². The molecule has 1 saturated heterocycles. The number of Topliss-reactive ketones (excluding diaryl/α,β-unsaturated/α-hetero) is 1. The minimum atomic E-state index is -0.815. The summed E-state index contributed by atoms with van der Waals surface area (Å²) < 4.78 is 16.9. The van der Waals surface area contributed by atoms with Crippen LogP contribution in [0.25, 0.3) is 0 Å². The van der Waals surface area contributed by atoms with Crippen LogP contribution in [0, 0.1) is 23.7 Å². The highest BCUT2D eigenvalue weighted by molar-refractivity contribution is 8.01. The highest BCUT2D eigenvalue weighted by Gasteiger charge is 2.33. The highest BCUT2D eigenvalue weighted by Crippen LogP contribution is 2.30. The molecule has 1 aliphatic rings. The van der Waals surface area contributed by atoms with Crippen molar-refractivity contribution >= 4 is 29.5 Å². The van der Waals surface area contributed by atoms with Gasteiger partial charge < -0.3 is 14.2 Å². The summed E-state index contributed by atoms with van der Waals surface area (Å²) in [6.07, 6.45) is 5.96. The number of hydrogen-bond acceptors (Lipinski definition) is 7. The van der Waals surface area contributed by atoms with Crippen LogP contribution >= 0.6 is 11.8 Å². The van der Waals surface area contributed by atoms with Gasteiger partial charge in [0.25, 0.3) is 0 Å². The van der Waals surface area contributed by atoms with Gasteiger partial charge in [-0.3, -0.25) is 14.4 Å². The van der Waals surface area contributed by atoms with Gasteiger partial charge in [0, 0.05) is 17.3 Å². The molecule has 1 fully saturated rings. The summed E-state index contributed by atoms with van der Waals surface area (Å²) in [4.78, 5) is 38.7. The van der Waals surface area contributed by atoms with Crippen LogP contribution in [0.5, 0.6) is 0 Å². The summed E-state index contributed by atoms with van der Waals surface area (Å²) in [5.41, 5.74) is -0.200. The van der Waals surface area contributed by atoms with Crippen molar-refractivity contribution in [2.45, 2.75) is 130 Å². The Morgan fingerprint density at radius 3 is 2.24 bits per heavy atom. The van der Waals surface area contributed by atoms with Crippen LogP contribution in [0.15, 0.2) is 0 Å². The molecule has 0 N–H and O–H groups in total. The first-order chi connectivity index (χ1) is 17.1. The van der Waals surface area contributed by atoms with Crippen molar-refractivity contribution < 1.29 is 28.6 Å². The van der Waals surface area contributed by atoms with E-state index in [4.69, 9.17) is 14.2 Å². The molecule has 0 radical (unpaired) electrons. The molecule has 0 aromatic rings. The molecule has 5 unspecified atom stereocenters. The van der Waals surface area contributed by atoms with Crippen LogP contribution in [-0.2, 0) is 28.6 Å². The largest absolute Gasteiger partial charge is 0.466 e. The molecule has 5 atom stereocenters. The summed E-state index contributed by atoms with van der Waals surface area (Å²) in [6.45, 7) is 19.4. The zero-order valence-electron chi connectivity index (χ0n) is 25.0. The van der Waals surface area contributed by atoms with E-state index in [0.29, 0.717) is 25.0 Å². The summed E-state index contributed by atoms with van der Waals surface area (Å²) in [5, 5.41) is 0. The molecule has 1 aliphatic heterocycles. The Kier molecular flexibility index (Phi) is 14.8. The van der Waals surface area contributed by atoms with Gasteiger partial charge in [-0.2, -0.15) is 0 Å². The molecule has 1 rings (SSSR count). The molecule has 0 aromatic heterocycles. The lowest BCUT2D eigenvalue weighted by Crippen LogP contribution is -2.36. The number of ketones is 1. The van der Waals surface area contributed by atoms with Gasteiger partial charge in [-0.15, -0.1) is 11.8 Å². The van der Waals surface area contributed by atoms with Gasteiger partial charge >= 0.3 is 11.9 Å². The van der Waals surface area contributed by atoms with E-state index in [2.05, 4.69) is 27.7 Å². The number of esters is 2. The third kappa shape index (κ3) is 15.2. The van der Waals surface area contributed by atoms with E-state index < -0.39 is 24.0 Å². The first kappa shape index (κ1) is 33.9. The standard InChI is InChI=1S/C30H54O6S/c1-21-12-10-13-22(2)18-23(3)28(33)24(4)25(19-26(31)34-16-11-14-21)36-27(32)20-37-30(8,9)15-17-35-29(5,6)7/h21-25H,10-20H2,1-9H3. The predicted octanol–water partition coefficient (Wildman–Crippen LogP) is 7.02. The molecule has 0 saturated carbocycles. The maximum absolute atomic E-state index is 13.3. The van der Waals surface area contributed by atoms with E-state index in [1.165, 1.54) is 11.8 Å². The lowest BCUT2D eigenvalue weighted by atomic mass is 9.83. The third-order valence-electron chi connectivity index (χ3n) is 7.22. The van der Waals surface area contributed by atoms with Crippen LogP contribution in [0.2, 0.25) is 0 Å². The lowest BCUT2D eigenvalue weighted by molar-refractivity contribution is -0.157. The number of carbonyl (C=O) groups excluding carboxylic acids is 3. The third-order valence-corrected chi connectivity index (χ3v) is 8.58. The van der Waals surface area contributed by atoms with E-state index in [1.807, 2.05) is 27.7 Å². The van der Waals surface area contributed by atoms with Crippen LogP contribution < -0.4 is 0 Å². The van der Waals surface area contributed by atoms with Gasteiger partial charge in [0.1, 0.15) is 11.9 Å². The van der Waals surface area contributed by atoms with Gasteiger partial charge in [0.2, 0.25) is 0 Å². The molecular weight excluding hydrogens is 488 g/mol. The van der Waals surface area contributed by atoms with Gasteiger partial charge in [-0.05, 0) is 58.3 Å². The average Bonchev–Trinajstić information content (AvgIpc) is 2.77. The topological polar surface area (TPSA) is 78.9 Å². The minimum Gasteiger partial charge on any atom is -0.466 e. The zero-order valence-corrected chi connectivity index (χ0v) is 25.8. The minimum absolute atomic E-state index is 0.0465. The molecule has 7 heteroatoms. The van der Waals surface area contributed by atoms with Crippen molar-refractivity contribution in [1.82, 2.24) is 0 Å². The Bertz CT molecular complexity index is 713. The van der Waals surface area contributed by atoms with Crippen molar-refractivity contribution in [3.05, 3.63) is 0 Å². The summed E-state index contributed by atoms with van der Waals surface area (Å²) in [7, 11) is 0. The van der Waals surface area contributed by atoms with Gasteiger partial charge in [-0.25, -0.2) is 0 Å². The van der Waals surface area contributed by atoms with Crippen LogP contribution in [0.1, 0.15) is 114 Å². The Hall–Kier alpha value is -1.08. The van der Waals surface area contributed by atoms with E-state index >= 15 is 0 Å². The molecule has 0 aromatic carbocycles. The molecule has 0 spiro atoms. The van der Waals surface area contributed by atoms with E-state index in [9.17, 15) is 14.4 Å². The van der Waals surface area contributed by atoms with Crippen LogP contribution in [-0.4, -0.2) is 53.1 Å². The molecule has 0 aliphatic carbocycles. The maximum Gasteiger partial charge on any atom is 0.316 e. The second-order valence-electron chi connectivity index (χ2n) is 12.8. The molecule has 0 amide bonds. The van der Waals surface area contributed by atoms with Crippen molar-refractivity contribution in [1.29, 1.82) is 0 Å². The van der Waals surface area contributed by atoms with Crippen molar-refractivity contribution in [2.24, 2.45) is 23.7 Å². The lowest BCUT2D eigenvalue weighted by Gasteiger charge is -2.28. The predicted molar refractivity (Wildman–Crippen MR) is 152 cm³/mol. The monoisotopic (exact) mass is 542 g/mol. The van der Waals surface area contributed by atoms with E-state index in [-0.39, 0.29) is 34.2 Å². The first-order valence-corrected chi connectivity index (χ1v) is 15.2. The van der Waals surface area contributed by atoms with Crippen molar-refractivity contribution in [2.75, 3.05) is 19.0 Å². The second kappa shape index (κ2) is 16.1. The number of hydrogen-bond donors (Lipinski definition) is 0. The fraction of sp³-hybridized carbons (Fsp3) is 0.900. The molecule has 1 heterocycles. The quantitative estimate of drug-likeness (QED) is 0.320. The smallest absolute Gasteiger partial charge is 0.316 e. The number of rotatable bonds is 7. The number of carbonyl (C=O) groups is 3. The molecule has 6 nitrogen and oxygen atoms in total. The number of cyclic esters (lactones) is 1. The highest BCUT2D eigenvalue weighted by atomic mass is 32.2. The maximum atomic E-state index is 13.3. The van der Waals surface area contributed by atoms with Gasteiger partial charge in [0.15, 0.2) is 0 Å². The normalized spacial score (nSPS) is 28.0. The zero-order chi connectivity index (χ0) is 28.2. The molecule has 37 heavy (non-hydrogen) atoms. The van der Waals surface area contributed by atoms with Crippen LogP contribution in [0.3, 0.4) is 0 Å². The Balaban J connectivity index is 2.82. The summed E-state index contributed by atoms with van der Waals surface area (Å²) in [5.74, 6) is -0.285. The number of thioether (sulfide) groups is 1. The van der Waals surface area contributed by atoms with Gasteiger partial charge in [-0.1, -0.05) is 60.8 Å². The number of ether oxygens (including phenoxy) is 3. The average molecular weight is 543 g/mol. The fourth-order valence-corrected chi connectivity index (χ4v) is 5.53. The van der Waals surface area contributed by atoms with E-state index in [0.717, 1.165) is 44.9 Å². The molecule has 0 bridgehead atoms. The summed E-state index contributed by atoms with van der Waals surface area (Å²) >= 11 is 1.51. The van der Waals surface area contributed by atoms with Crippen molar-refractivity contribution in [3.63, 3.8) is 0 Å². The van der Waals surface area contributed by atoms with Crippen molar-refractivity contribution in [3.8, 4) is 0 Å². The second-order valence-corrected chi connectivity index (χ2v) is 14.5. The molecule has 216 valence electrons. The summed E-state index contributed by atoms with van der Waals surface area (Å²) in [6, 6.07) is 0. The Morgan fingerprint density at radius 1 is 0.973 bits per heavy atom. The molecular formula is C30H54O6S. The van der Waals surface area contributed by atoms with Gasteiger partial charge in [0.05, 0.1) is 30.3 Å². The Labute approximate surface area is 230 Å². The fourth-order valence-electron chi connectivity index (χ4n) is 4.72. The van der Waals surface area contributed by atoms with Crippen LogP contribution in [0.4, 0.5) is 0 Å². The first-order valence-electron chi connectivity index (χ1n) is 14.3.